The van der Waals surface area contributed by atoms with Gasteiger partial charge in [0.15, 0.2) is 5.84 Å². The van der Waals surface area contributed by atoms with Crippen molar-refractivity contribution < 1.29 is 0 Å². The smallest absolute Gasteiger partial charge is 0.160 e. The summed E-state index contributed by atoms with van der Waals surface area (Å²) in [6.45, 7) is 6.58. The molecule has 7 aromatic carbocycles. The Balaban J connectivity index is 1.18. The van der Waals surface area contributed by atoms with Crippen molar-refractivity contribution in [2.75, 3.05) is 0 Å². The molecule has 54 heavy (non-hydrogen) atoms. The summed E-state index contributed by atoms with van der Waals surface area (Å²) in [5.41, 5.74) is 16.3. The molecule has 3 heteroatoms. The van der Waals surface area contributed by atoms with Crippen LogP contribution in [0.5, 0.6) is 0 Å². The molecule has 0 atom stereocenters. The number of nitrogens with zero attached hydrogens (tertiary/aromatic N) is 3. The van der Waals surface area contributed by atoms with E-state index in [1.165, 1.54) is 55.3 Å². The molecule has 0 aliphatic heterocycles. The van der Waals surface area contributed by atoms with E-state index in [4.69, 9.17) is 9.98 Å². The van der Waals surface area contributed by atoms with Gasteiger partial charge in [-0.2, -0.15) is 0 Å². The quantitative estimate of drug-likeness (QED) is 0.131. The molecule has 0 bridgehead atoms. The molecule has 0 unspecified atom stereocenters. The molecule has 8 aromatic rings. The van der Waals surface area contributed by atoms with Crippen LogP contribution >= 0.6 is 0 Å². The van der Waals surface area contributed by atoms with Crippen LogP contribution in [0.1, 0.15) is 45.9 Å². The van der Waals surface area contributed by atoms with Crippen molar-refractivity contribution in [1.82, 2.24) is 4.98 Å². The standard InChI is InChI=1S/C51H35N3/c1-33(36-15-11-16-39(29-36)41-17-12-28-52-32-41)53-50(54-34(2)37-25-24-35-13-3-4-14-38(35)30-37)40-26-27-45-44-20-7-10-23-48(44)51(49(45)31-40)46-21-8-5-18-42(46)43-19-6-9-22-47(43)51/h3-32H,1H2,2H3. The van der Waals surface area contributed by atoms with Crippen molar-refractivity contribution in [3.8, 4) is 33.4 Å². The van der Waals surface area contributed by atoms with Gasteiger partial charge in [0.1, 0.15) is 0 Å². The molecule has 1 aromatic heterocycles. The first-order valence-electron chi connectivity index (χ1n) is 18.4. The number of benzene rings is 7. The second-order valence-corrected chi connectivity index (χ2v) is 14.1. The number of pyridine rings is 1. The Hall–Kier alpha value is -6.97. The highest BCUT2D eigenvalue weighted by atomic mass is 14.9. The molecule has 0 saturated carbocycles. The van der Waals surface area contributed by atoms with Gasteiger partial charge in [-0.15, -0.1) is 0 Å². The van der Waals surface area contributed by atoms with Gasteiger partial charge in [-0.05, 0) is 97.6 Å². The number of hydrogen-bond donors (Lipinski definition) is 0. The zero-order valence-electron chi connectivity index (χ0n) is 29.9. The van der Waals surface area contributed by atoms with E-state index in [0.29, 0.717) is 11.5 Å². The van der Waals surface area contributed by atoms with E-state index < -0.39 is 5.41 Å². The first-order chi connectivity index (χ1) is 26.6. The Labute approximate surface area is 315 Å². The van der Waals surface area contributed by atoms with E-state index >= 15 is 0 Å². The number of aromatic nitrogens is 1. The first-order valence-corrected chi connectivity index (χ1v) is 18.4. The molecule has 0 radical (unpaired) electrons. The number of aliphatic imine (C=N–C) groups is 2. The van der Waals surface area contributed by atoms with Crippen LogP contribution in [-0.4, -0.2) is 16.5 Å². The summed E-state index contributed by atoms with van der Waals surface area (Å²) in [6, 6.07) is 60.8. The predicted molar refractivity (Wildman–Crippen MR) is 224 cm³/mol. The molecule has 0 N–H and O–H groups in total. The van der Waals surface area contributed by atoms with Crippen LogP contribution in [-0.2, 0) is 5.41 Å². The molecular weight excluding hydrogens is 655 g/mol. The monoisotopic (exact) mass is 689 g/mol. The van der Waals surface area contributed by atoms with E-state index in [2.05, 4.69) is 176 Å². The fourth-order valence-electron chi connectivity index (χ4n) is 8.63. The Bertz CT molecular complexity index is 2800. The molecular formula is C51H35N3. The fraction of sp³-hybridized carbons (Fsp3) is 0.0392. The van der Waals surface area contributed by atoms with E-state index in [1.807, 2.05) is 18.3 Å². The van der Waals surface area contributed by atoms with E-state index in [0.717, 1.165) is 33.5 Å². The highest BCUT2D eigenvalue weighted by Gasteiger charge is 2.51. The SMILES string of the molecule is C=C(N=C(N=C(C)c1ccc2ccccc2c1)c1ccc2c(c1)C1(c3ccccc3-c3ccccc31)c1ccccc1-2)c1cccc(-c2cccnc2)c1. The molecule has 254 valence electrons. The number of hydrogen-bond acceptors (Lipinski definition) is 2. The number of rotatable bonds is 5. The van der Waals surface area contributed by atoms with Gasteiger partial charge in [0, 0.05) is 34.8 Å². The highest BCUT2D eigenvalue weighted by molar-refractivity contribution is 6.14. The summed E-state index contributed by atoms with van der Waals surface area (Å²) in [7, 11) is 0. The average molecular weight is 690 g/mol. The lowest BCUT2D eigenvalue weighted by Gasteiger charge is -2.30. The van der Waals surface area contributed by atoms with Crippen LogP contribution in [0.3, 0.4) is 0 Å². The van der Waals surface area contributed by atoms with Crippen LogP contribution in [0.15, 0.2) is 199 Å². The van der Waals surface area contributed by atoms with Crippen molar-refractivity contribution in [3.05, 3.63) is 228 Å². The van der Waals surface area contributed by atoms with E-state index in [1.54, 1.807) is 6.20 Å². The minimum Gasteiger partial charge on any atom is -0.264 e. The third-order valence-electron chi connectivity index (χ3n) is 11.1. The van der Waals surface area contributed by atoms with Gasteiger partial charge >= 0.3 is 0 Å². The maximum atomic E-state index is 5.34. The topological polar surface area (TPSA) is 37.6 Å². The van der Waals surface area contributed by atoms with Crippen molar-refractivity contribution >= 4 is 28.0 Å². The van der Waals surface area contributed by atoms with E-state index in [-0.39, 0.29) is 0 Å². The van der Waals surface area contributed by atoms with Gasteiger partial charge in [0.25, 0.3) is 0 Å². The number of amidine groups is 1. The van der Waals surface area contributed by atoms with Crippen molar-refractivity contribution in [1.29, 1.82) is 0 Å². The van der Waals surface area contributed by atoms with Crippen LogP contribution < -0.4 is 0 Å². The van der Waals surface area contributed by atoms with Gasteiger partial charge in [-0.1, -0.05) is 152 Å². The lowest BCUT2D eigenvalue weighted by Crippen LogP contribution is -2.26. The van der Waals surface area contributed by atoms with Crippen molar-refractivity contribution in [3.63, 3.8) is 0 Å². The van der Waals surface area contributed by atoms with Crippen molar-refractivity contribution in [2.45, 2.75) is 12.3 Å². The Kier molecular flexibility index (Phi) is 7.41. The lowest BCUT2D eigenvalue weighted by atomic mass is 9.70. The van der Waals surface area contributed by atoms with Gasteiger partial charge < -0.3 is 0 Å². The molecule has 1 heterocycles. The summed E-state index contributed by atoms with van der Waals surface area (Å²) in [6.07, 6.45) is 3.67. The molecule has 1 spiro atoms. The molecule has 2 aliphatic carbocycles. The summed E-state index contributed by atoms with van der Waals surface area (Å²) < 4.78 is 0. The van der Waals surface area contributed by atoms with E-state index in [9.17, 15) is 0 Å². The minimum atomic E-state index is -0.466. The predicted octanol–water partition coefficient (Wildman–Crippen LogP) is 12.2. The van der Waals surface area contributed by atoms with Crippen molar-refractivity contribution in [2.24, 2.45) is 9.98 Å². The third-order valence-corrected chi connectivity index (χ3v) is 11.1. The Morgan fingerprint density at radius 2 is 1.09 bits per heavy atom. The maximum absolute atomic E-state index is 5.34. The molecule has 3 nitrogen and oxygen atoms in total. The first kappa shape index (κ1) is 31.7. The fourth-order valence-corrected chi connectivity index (χ4v) is 8.63. The van der Waals surface area contributed by atoms with Gasteiger partial charge in [-0.3, -0.25) is 4.98 Å². The summed E-state index contributed by atoms with van der Waals surface area (Å²) in [4.78, 5) is 15.0. The Morgan fingerprint density at radius 3 is 1.78 bits per heavy atom. The summed E-state index contributed by atoms with van der Waals surface area (Å²) in [5.74, 6) is 0.617. The summed E-state index contributed by atoms with van der Waals surface area (Å²) in [5, 5.41) is 2.38. The molecule has 2 aliphatic rings. The van der Waals surface area contributed by atoms with Crippen LogP contribution in [0, 0.1) is 0 Å². The Morgan fingerprint density at radius 1 is 0.481 bits per heavy atom. The zero-order valence-corrected chi connectivity index (χ0v) is 29.9. The van der Waals surface area contributed by atoms with Gasteiger partial charge in [-0.25, -0.2) is 9.98 Å². The average Bonchev–Trinajstić information content (AvgIpc) is 3.70. The lowest BCUT2D eigenvalue weighted by molar-refractivity contribution is 0.793. The minimum absolute atomic E-state index is 0.466. The highest BCUT2D eigenvalue weighted by Crippen LogP contribution is 2.62. The van der Waals surface area contributed by atoms with Crippen LogP contribution in [0.2, 0.25) is 0 Å². The summed E-state index contributed by atoms with van der Waals surface area (Å²) >= 11 is 0. The second-order valence-electron chi connectivity index (χ2n) is 14.1. The molecule has 0 saturated heterocycles. The number of fused-ring (bicyclic) bond motifs is 11. The van der Waals surface area contributed by atoms with Gasteiger partial charge in [0.2, 0.25) is 0 Å². The molecule has 0 amide bonds. The normalized spacial score (nSPS) is 13.7. The van der Waals surface area contributed by atoms with Crippen LogP contribution in [0.4, 0.5) is 0 Å². The molecule has 0 fully saturated rings. The molecule has 10 rings (SSSR count). The second kappa shape index (κ2) is 12.6. The maximum Gasteiger partial charge on any atom is 0.160 e. The van der Waals surface area contributed by atoms with Gasteiger partial charge in [0.05, 0.1) is 11.1 Å². The van der Waals surface area contributed by atoms with Crippen LogP contribution in [0.25, 0.3) is 49.9 Å². The zero-order chi connectivity index (χ0) is 36.2. The largest absolute Gasteiger partial charge is 0.264 e. The third kappa shape index (κ3) is 4.93.